The fourth-order valence-corrected chi connectivity index (χ4v) is 2.64. The fraction of sp³-hybridized carbons (Fsp3) is 0.300. The zero-order chi connectivity index (χ0) is 19.3. The van der Waals surface area contributed by atoms with Crippen LogP contribution in [0.5, 0.6) is 0 Å². The molecule has 0 aromatic heterocycles. The molecule has 0 saturated carbocycles. The number of carbonyl (C=O) groups excluding carboxylic acids is 1. The molecule has 0 aliphatic heterocycles. The van der Waals surface area contributed by atoms with E-state index in [4.69, 9.17) is 11.6 Å². The largest absolute Gasteiger partial charge is 0.374 e. The molecule has 2 aromatic rings. The first-order valence-electron chi connectivity index (χ1n) is 8.40. The number of hydrogen-bond donors (Lipinski definition) is 1. The van der Waals surface area contributed by atoms with Crippen LogP contribution in [0.3, 0.4) is 0 Å². The second kappa shape index (κ2) is 8.81. The van der Waals surface area contributed by atoms with Crippen LogP contribution >= 0.6 is 11.6 Å². The number of halogens is 2. The highest BCUT2D eigenvalue weighted by Gasteiger charge is 2.14. The van der Waals surface area contributed by atoms with E-state index in [9.17, 15) is 9.18 Å². The van der Waals surface area contributed by atoms with E-state index in [0.717, 1.165) is 23.4 Å². The Morgan fingerprint density at radius 3 is 2.69 bits per heavy atom. The van der Waals surface area contributed by atoms with Gasteiger partial charge in [0.2, 0.25) is 0 Å². The predicted molar refractivity (Wildman–Crippen MR) is 107 cm³/mol. The topological polar surface area (TPSA) is 44.7 Å². The zero-order valence-corrected chi connectivity index (χ0v) is 16.2. The molecule has 6 heteroatoms. The molecule has 0 amide bonds. The average molecular weight is 376 g/mol. The Morgan fingerprint density at radius 1 is 1.31 bits per heavy atom. The molecule has 0 radical (unpaired) electrons. The molecule has 0 fully saturated rings. The van der Waals surface area contributed by atoms with E-state index >= 15 is 0 Å². The van der Waals surface area contributed by atoms with Crippen LogP contribution in [-0.2, 0) is 0 Å². The molecular formula is C20H23ClFN3O. The van der Waals surface area contributed by atoms with Gasteiger partial charge in [-0.1, -0.05) is 17.7 Å². The lowest BCUT2D eigenvalue weighted by molar-refractivity contribution is 0.101. The lowest BCUT2D eigenvalue weighted by Crippen LogP contribution is -2.16. The van der Waals surface area contributed by atoms with E-state index in [-0.39, 0.29) is 23.0 Å². The summed E-state index contributed by atoms with van der Waals surface area (Å²) in [4.78, 5) is 19.0. The van der Waals surface area contributed by atoms with Gasteiger partial charge in [0.15, 0.2) is 5.78 Å². The van der Waals surface area contributed by atoms with Gasteiger partial charge in [0.25, 0.3) is 0 Å². The summed E-state index contributed by atoms with van der Waals surface area (Å²) in [6.07, 6.45) is 1.77. The Bertz CT molecular complexity index is 816. The van der Waals surface area contributed by atoms with Crippen molar-refractivity contribution < 1.29 is 9.18 Å². The number of ketones is 1. The normalized spacial score (nSPS) is 11.0. The minimum Gasteiger partial charge on any atom is -0.374 e. The van der Waals surface area contributed by atoms with Gasteiger partial charge in [0, 0.05) is 19.2 Å². The summed E-state index contributed by atoms with van der Waals surface area (Å²) in [5.74, 6) is -0.617. The molecule has 26 heavy (non-hydrogen) atoms. The Kier molecular flexibility index (Phi) is 6.75. The molecule has 2 aromatic carbocycles. The van der Waals surface area contributed by atoms with Gasteiger partial charge in [-0.2, -0.15) is 0 Å². The molecule has 0 saturated heterocycles. The van der Waals surface area contributed by atoms with E-state index in [0.29, 0.717) is 5.56 Å². The standard InChI is InChI=1S/C20H23ClFN3O/c1-5-25(4)12-24-18-10-13(2)15(9-14(18)3)19(26)11-23-20-16(21)7-6-8-17(20)22/h6-10,12,23H,5,11H2,1-4H3/b24-12-. The molecule has 0 aliphatic rings. The van der Waals surface area contributed by atoms with Gasteiger partial charge in [-0.05, 0) is 56.2 Å². The molecular weight excluding hydrogens is 353 g/mol. The summed E-state index contributed by atoms with van der Waals surface area (Å²) in [5, 5.41) is 3.04. The van der Waals surface area contributed by atoms with Crippen molar-refractivity contribution in [2.45, 2.75) is 20.8 Å². The first-order valence-corrected chi connectivity index (χ1v) is 8.78. The van der Waals surface area contributed by atoms with Crippen LogP contribution in [0.1, 0.15) is 28.4 Å². The maximum Gasteiger partial charge on any atom is 0.182 e. The van der Waals surface area contributed by atoms with Crippen molar-refractivity contribution in [1.29, 1.82) is 0 Å². The van der Waals surface area contributed by atoms with E-state index in [1.165, 1.54) is 12.1 Å². The zero-order valence-electron chi connectivity index (χ0n) is 15.4. The molecule has 0 bridgehead atoms. The fourth-order valence-electron chi connectivity index (χ4n) is 2.41. The van der Waals surface area contributed by atoms with Crippen LogP contribution in [0.4, 0.5) is 15.8 Å². The summed E-state index contributed by atoms with van der Waals surface area (Å²) in [6, 6.07) is 8.11. The second-order valence-corrected chi connectivity index (χ2v) is 6.55. The lowest BCUT2D eigenvalue weighted by Gasteiger charge is -2.13. The minimum absolute atomic E-state index is 0.0396. The number of Topliss-reactive ketones (excluding diaryl/α,β-unsaturated/α-hetero) is 1. The molecule has 0 atom stereocenters. The first-order chi connectivity index (χ1) is 12.3. The van der Waals surface area contributed by atoms with Gasteiger partial charge < -0.3 is 10.2 Å². The van der Waals surface area contributed by atoms with Gasteiger partial charge in [-0.25, -0.2) is 9.38 Å². The van der Waals surface area contributed by atoms with Crippen LogP contribution < -0.4 is 5.32 Å². The van der Waals surface area contributed by atoms with E-state index in [1.54, 1.807) is 12.4 Å². The molecule has 0 aliphatic carbocycles. The average Bonchev–Trinajstić information content (AvgIpc) is 2.61. The number of para-hydroxylation sites is 1. The summed E-state index contributed by atoms with van der Waals surface area (Å²) in [6.45, 7) is 6.65. The number of benzene rings is 2. The van der Waals surface area contributed by atoms with E-state index < -0.39 is 5.82 Å². The van der Waals surface area contributed by atoms with Crippen molar-refractivity contribution in [3.05, 3.63) is 57.9 Å². The van der Waals surface area contributed by atoms with Gasteiger partial charge in [-0.3, -0.25) is 4.79 Å². The van der Waals surface area contributed by atoms with Gasteiger partial charge in [0.05, 0.1) is 29.3 Å². The molecule has 2 rings (SSSR count). The lowest BCUT2D eigenvalue weighted by atomic mass is 10.0. The van der Waals surface area contributed by atoms with Crippen molar-refractivity contribution in [2.75, 3.05) is 25.5 Å². The molecule has 4 nitrogen and oxygen atoms in total. The number of carbonyl (C=O) groups is 1. The highest BCUT2D eigenvalue weighted by Crippen LogP contribution is 2.26. The third-order valence-electron chi connectivity index (χ3n) is 4.12. The van der Waals surface area contributed by atoms with E-state index in [2.05, 4.69) is 10.3 Å². The number of nitrogens with zero attached hydrogens (tertiary/aromatic N) is 2. The highest BCUT2D eigenvalue weighted by atomic mass is 35.5. The predicted octanol–water partition coefficient (Wildman–Crippen LogP) is 5.00. The van der Waals surface area contributed by atoms with Crippen molar-refractivity contribution in [2.24, 2.45) is 4.99 Å². The highest BCUT2D eigenvalue weighted by molar-refractivity contribution is 6.33. The van der Waals surface area contributed by atoms with Crippen molar-refractivity contribution in [3.63, 3.8) is 0 Å². The molecule has 1 N–H and O–H groups in total. The number of aliphatic imine (C=N–C) groups is 1. The van der Waals surface area contributed by atoms with Crippen LogP contribution in [0, 0.1) is 19.7 Å². The Hall–Kier alpha value is -2.40. The molecule has 138 valence electrons. The quantitative estimate of drug-likeness (QED) is 0.420. The molecule has 0 spiro atoms. The van der Waals surface area contributed by atoms with Gasteiger partial charge in [0.1, 0.15) is 5.82 Å². The monoisotopic (exact) mass is 375 g/mol. The summed E-state index contributed by atoms with van der Waals surface area (Å²) >= 11 is 5.97. The molecule has 0 unspecified atom stereocenters. The van der Waals surface area contributed by atoms with Crippen LogP contribution in [0.15, 0.2) is 35.3 Å². The van der Waals surface area contributed by atoms with E-state index in [1.807, 2.05) is 44.9 Å². The molecule has 0 heterocycles. The summed E-state index contributed by atoms with van der Waals surface area (Å²) in [7, 11) is 1.95. The maximum absolute atomic E-state index is 13.8. The Labute approximate surface area is 158 Å². The van der Waals surface area contributed by atoms with Crippen molar-refractivity contribution in [3.8, 4) is 0 Å². The number of aryl methyl sites for hydroxylation is 2. The summed E-state index contributed by atoms with van der Waals surface area (Å²) < 4.78 is 13.8. The number of nitrogens with one attached hydrogen (secondary N) is 1. The SMILES string of the molecule is CCN(C)/C=N\c1cc(C)c(C(=O)CNc2c(F)cccc2Cl)cc1C. The van der Waals surface area contributed by atoms with Gasteiger partial charge >= 0.3 is 0 Å². The van der Waals surface area contributed by atoms with Crippen LogP contribution in [-0.4, -0.2) is 37.2 Å². The smallest absolute Gasteiger partial charge is 0.182 e. The van der Waals surface area contributed by atoms with Crippen molar-refractivity contribution >= 4 is 35.1 Å². The minimum atomic E-state index is -0.483. The van der Waals surface area contributed by atoms with Crippen LogP contribution in [0.2, 0.25) is 5.02 Å². The van der Waals surface area contributed by atoms with Crippen LogP contribution in [0.25, 0.3) is 0 Å². The number of anilines is 1. The first kappa shape index (κ1) is 19.9. The third kappa shape index (κ3) is 4.82. The summed E-state index contributed by atoms with van der Waals surface area (Å²) in [5.41, 5.74) is 3.28. The maximum atomic E-state index is 13.8. The van der Waals surface area contributed by atoms with Gasteiger partial charge in [-0.15, -0.1) is 0 Å². The second-order valence-electron chi connectivity index (χ2n) is 6.14. The number of rotatable bonds is 7. The number of hydrogen-bond acceptors (Lipinski definition) is 3. The Balaban J connectivity index is 2.17. The third-order valence-corrected chi connectivity index (χ3v) is 4.44. The van der Waals surface area contributed by atoms with Crippen molar-refractivity contribution in [1.82, 2.24) is 4.90 Å². The Morgan fingerprint density at radius 2 is 2.04 bits per heavy atom.